The molecule has 2 aromatic carbocycles. The molecule has 2 aliphatic heterocycles. The van der Waals surface area contributed by atoms with Crippen molar-refractivity contribution >= 4 is 11.6 Å². The number of anilines is 1. The van der Waals surface area contributed by atoms with E-state index in [4.69, 9.17) is 0 Å². The van der Waals surface area contributed by atoms with Gasteiger partial charge in [0, 0.05) is 44.5 Å². The number of amides is 1. The quantitative estimate of drug-likeness (QED) is 0.394. The fraction of sp³-hybridized carbons (Fsp3) is 0.581. The molecule has 2 aromatic rings. The van der Waals surface area contributed by atoms with Gasteiger partial charge in [-0.1, -0.05) is 30.7 Å². The van der Waals surface area contributed by atoms with E-state index in [0.29, 0.717) is 12.3 Å². The second kappa shape index (κ2) is 11.3. The highest BCUT2D eigenvalue weighted by Gasteiger charge is 2.58. The molecule has 0 atom stereocenters. The minimum atomic E-state index is -4.08. The van der Waals surface area contributed by atoms with Gasteiger partial charge in [0.1, 0.15) is 0 Å². The highest BCUT2D eigenvalue weighted by molar-refractivity contribution is 5.94. The second-order valence-corrected chi connectivity index (χ2v) is 11.7. The summed E-state index contributed by atoms with van der Waals surface area (Å²) in [6, 6.07) is 16.4. The van der Waals surface area contributed by atoms with Gasteiger partial charge >= 0.3 is 6.18 Å². The van der Waals surface area contributed by atoms with Crippen molar-refractivity contribution < 1.29 is 18.0 Å². The monoisotopic (exact) mass is 527 g/mol. The van der Waals surface area contributed by atoms with Crippen molar-refractivity contribution in [2.75, 3.05) is 51.2 Å². The molecular weight excluding hydrogens is 487 g/mol. The van der Waals surface area contributed by atoms with E-state index in [2.05, 4.69) is 36.2 Å². The Kier molecular flexibility index (Phi) is 8.03. The number of halogens is 3. The average molecular weight is 528 g/mol. The molecule has 0 radical (unpaired) electrons. The minimum Gasteiger partial charge on any atom is -0.374 e. The third kappa shape index (κ3) is 5.88. The fourth-order valence-corrected chi connectivity index (χ4v) is 6.38. The summed E-state index contributed by atoms with van der Waals surface area (Å²) >= 11 is 0. The van der Waals surface area contributed by atoms with E-state index in [0.717, 1.165) is 80.8 Å². The molecule has 5 rings (SSSR count). The van der Waals surface area contributed by atoms with Gasteiger partial charge in [0.2, 0.25) is 0 Å². The van der Waals surface area contributed by atoms with Crippen LogP contribution < -0.4 is 4.90 Å². The van der Waals surface area contributed by atoms with Gasteiger partial charge in [-0.05, 0) is 99.3 Å². The highest BCUT2D eigenvalue weighted by atomic mass is 19.4. The number of hydrogen-bond donors (Lipinski definition) is 0. The molecular formula is C31H40F3N3O. The zero-order valence-electron chi connectivity index (χ0n) is 22.5. The van der Waals surface area contributed by atoms with Crippen molar-refractivity contribution in [1.29, 1.82) is 0 Å². The molecule has 0 aromatic heterocycles. The highest BCUT2D eigenvalue weighted by Crippen LogP contribution is 2.53. The van der Waals surface area contributed by atoms with Crippen LogP contribution >= 0.6 is 0 Å². The Morgan fingerprint density at radius 1 is 0.868 bits per heavy atom. The van der Waals surface area contributed by atoms with E-state index in [1.165, 1.54) is 6.42 Å². The van der Waals surface area contributed by atoms with Gasteiger partial charge in [-0.15, -0.1) is 0 Å². The Hall–Kier alpha value is -2.54. The first-order valence-corrected chi connectivity index (χ1v) is 14.2. The lowest BCUT2D eigenvalue weighted by molar-refractivity contribution is -0.256. The van der Waals surface area contributed by atoms with Gasteiger partial charge in [0.15, 0.2) is 0 Å². The van der Waals surface area contributed by atoms with Crippen LogP contribution in [0.4, 0.5) is 18.9 Å². The molecule has 3 aliphatic rings. The van der Waals surface area contributed by atoms with E-state index in [-0.39, 0.29) is 25.3 Å². The van der Waals surface area contributed by atoms with Crippen LogP contribution in [-0.2, 0) is 0 Å². The minimum absolute atomic E-state index is 0.127. The first-order valence-electron chi connectivity index (χ1n) is 14.2. The summed E-state index contributed by atoms with van der Waals surface area (Å²) in [5.41, 5.74) is 2.63. The van der Waals surface area contributed by atoms with Crippen LogP contribution in [0.5, 0.6) is 0 Å². The maximum atomic E-state index is 13.6. The van der Waals surface area contributed by atoms with Crippen LogP contribution in [0.2, 0.25) is 0 Å². The molecule has 1 aliphatic carbocycles. The lowest BCUT2D eigenvalue weighted by atomic mass is 9.67. The number of likely N-dealkylation sites (tertiary alicyclic amines) is 2. The average Bonchev–Trinajstić information content (AvgIpc) is 2.91. The molecule has 0 N–H and O–H groups in total. The van der Waals surface area contributed by atoms with Crippen LogP contribution in [0.25, 0.3) is 11.1 Å². The standard InChI is InChI=1S/C31H40F3N3O/c1-35(22-24-14-20-36(21-15-24)23-30(16-5-17-30)31(32,33)34)28-12-10-26(11-13-28)25-6-8-27(9-7-25)29(38)37-18-3-2-4-19-37/h6-13,24H,2-5,14-23H2,1H3. The van der Waals surface area contributed by atoms with E-state index in [1.807, 2.05) is 34.1 Å². The smallest absolute Gasteiger partial charge is 0.374 e. The number of carbonyl (C=O) groups excluding carboxylic acids is 1. The van der Waals surface area contributed by atoms with Crippen molar-refractivity contribution in [1.82, 2.24) is 9.80 Å². The van der Waals surface area contributed by atoms with Crippen molar-refractivity contribution in [3.05, 3.63) is 54.1 Å². The SMILES string of the molecule is CN(CC1CCN(CC2(C(F)(F)F)CCC2)CC1)c1ccc(-c2ccc(C(=O)N3CCCCC3)cc2)cc1. The third-order valence-corrected chi connectivity index (χ3v) is 9.09. The van der Waals surface area contributed by atoms with E-state index < -0.39 is 11.6 Å². The molecule has 206 valence electrons. The van der Waals surface area contributed by atoms with E-state index in [9.17, 15) is 18.0 Å². The summed E-state index contributed by atoms with van der Waals surface area (Å²) in [6.45, 7) is 4.30. The number of carbonyl (C=O) groups is 1. The van der Waals surface area contributed by atoms with Crippen LogP contribution in [0.3, 0.4) is 0 Å². The maximum absolute atomic E-state index is 13.6. The molecule has 1 amide bonds. The molecule has 1 saturated carbocycles. The Labute approximate surface area is 224 Å². The molecule has 0 spiro atoms. The lowest BCUT2D eigenvalue weighted by Crippen LogP contribution is -2.53. The van der Waals surface area contributed by atoms with Gasteiger partial charge in [-0.3, -0.25) is 4.79 Å². The summed E-state index contributed by atoms with van der Waals surface area (Å²) in [4.78, 5) is 19.0. The number of alkyl halides is 3. The molecule has 2 heterocycles. The molecule has 0 unspecified atom stereocenters. The first-order chi connectivity index (χ1) is 18.2. The molecule has 38 heavy (non-hydrogen) atoms. The molecule has 2 saturated heterocycles. The third-order valence-electron chi connectivity index (χ3n) is 9.09. The van der Waals surface area contributed by atoms with Gasteiger partial charge in [0.05, 0.1) is 5.41 Å². The van der Waals surface area contributed by atoms with Crippen molar-refractivity contribution in [3.8, 4) is 11.1 Å². The van der Waals surface area contributed by atoms with Gasteiger partial charge in [-0.2, -0.15) is 13.2 Å². The number of piperidine rings is 2. The summed E-state index contributed by atoms with van der Waals surface area (Å²) < 4.78 is 40.7. The van der Waals surface area contributed by atoms with Crippen LogP contribution in [0.1, 0.15) is 61.7 Å². The summed E-state index contributed by atoms with van der Waals surface area (Å²) in [7, 11) is 2.09. The zero-order chi connectivity index (χ0) is 26.8. The van der Waals surface area contributed by atoms with Crippen molar-refractivity contribution in [2.45, 2.75) is 57.5 Å². The molecule has 0 bridgehead atoms. The predicted molar refractivity (Wildman–Crippen MR) is 146 cm³/mol. The molecule has 4 nitrogen and oxygen atoms in total. The number of nitrogens with zero attached hydrogens (tertiary/aromatic N) is 3. The molecule has 7 heteroatoms. The second-order valence-electron chi connectivity index (χ2n) is 11.7. The number of rotatable bonds is 7. The Morgan fingerprint density at radius 2 is 1.45 bits per heavy atom. The Morgan fingerprint density at radius 3 is 1.97 bits per heavy atom. The number of hydrogen-bond acceptors (Lipinski definition) is 3. The maximum Gasteiger partial charge on any atom is 0.395 e. The summed E-state index contributed by atoms with van der Waals surface area (Å²) in [5.74, 6) is 0.617. The van der Waals surface area contributed by atoms with Gasteiger partial charge in [-0.25, -0.2) is 0 Å². The van der Waals surface area contributed by atoms with Crippen LogP contribution in [-0.4, -0.2) is 68.2 Å². The largest absolute Gasteiger partial charge is 0.395 e. The Bertz CT molecular complexity index is 1070. The summed E-state index contributed by atoms with van der Waals surface area (Å²) in [6.07, 6.45) is 2.46. The normalized spacial score (nSPS) is 20.7. The lowest BCUT2D eigenvalue weighted by Gasteiger charge is -2.47. The topological polar surface area (TPSA) is 26.8 Å². The number of benzene rings is 2. The van der Waals surface area contributed by atoms with E-state index in [1.54, 1.807) is 0 Å². The van der Waals surface area contributed by atoms with Crippen LogP contribution in [0, 0.1) is 11.3 Å². The predicted octanol–water partition coefficient (Wildman–Crippen LogP) is 6.86. The van der Waals surface area contributed by atoms with E-state index >= 15 is 0 Å². The first kappa shape index (κ1) is 27.0. The van der Waals surface area contributed by atoms with Crippen LogP contribution in [0.15, 0.2) is 48.5 Å². The fourth-order valence-electron chi connectivity index (χ4n) is 6.38. The van der Waals surface area contributed by atoms with Crippen molar-refractivity contribution in [3.63, 3.8) is 0 Å². The van der Waals surface area contributed by atoms with Crippen molar-refractivity contribution in [2.24, 2.45) is 11.3 Å². The molecule has 3 fully saturated rings. The van der Waals surface area contributed by atoms with Gasteiger partial charge in [0.25, 0.3) is 5.91 Å². The Balaban J connectivity index is 1.11. The van der Waals surface area contributed by atoms with Gasteiger partial charge < -0.3 is 14.7 Å². The zero-order valence-corrected chi connectivity index (χ0v) is 22.5. The summed E-state index contributed by atoms with van der Waals surface area (Å²) in [5, 5.41) is 0.